The smallest absolute Gasteiger partial charge is 0.263 e. The van der Waals surface area contributed by atoms with Gasteiger partial charge in [0.15, 0.2) is 0 Å². The normalized spacial score (nSPS) is 11.3. The lowest BCUT2D eigenvalue weighted by molar-refractivity contribution is 0.0956. The van der Waals surface area contributed by atoms with Gasteiger partial charge in [-0.05, 0) is 67.8 Å². The van der Waals surface area contributed by atoms with Gasteiger partial charge in [0.1, 0.15) is 4.90 Å². The van der Waals surface area contributed by atoms with E-state index in [0.29, 0.717) is 12.2 Å². The van der Waals surface area contributed by atoms with Crippen LogP contribution in [-0.2, 0) is 15.8 Å². The van der Waals surface area contributed by atoms with Gasteiger partial charge in [-0.15, -0.1) is 0 Å². The maximum absolute atomic E-state index is 12.9. The van der Waals surface area contributed by atoms with Gasteiger partial charge in [-0.2, -0.15) is 11.8 Å². The van der Waals surface area contributed by atoms with E-state index < -0.39 is 10.0 Å². The van der Waals surface area contributed by atoms with Crippen molar-refractivity contribution in [2.75, 3.05) is 17.0 Å². The summed E-state index contributed by atoms with van der Waals surface area (Å²) in [5.74, 6) is 1.27. The number of carbonyl (C=O) groups is 1. The van der Waals surface area contributed by atoms with Crippen molar-refractivity contribution in [3.8, 4) is 0 Å². The van der Waals surface area contributed by atoms with Gasteiger partial charge in [0.05, 0.1) is 5.02 Å². The summed E-state index contributed by atoms with van der Waals surface area (Å²) >= 11 is 7.89. The van der Waals surface area contributed by atoms with E-state index in [1.54, 1.807) is 23.9 Å². The highest BCUT2D eigenvalue weighted by Crippen LogP contribution is 2.26. The Balaban J connectivity index is 1.61. The van der Waals surface area contributed by atoms with Gasteiger partial charge < -0.3 is 5.32 Å². The molecule has 0 atom stereocenters. The summed E-state index contributed by atoms with van der Waals surface area (Å²) in [5.41, 5.74) is 5.18. The molecule has 0 aliphatic heterocycles. The van der Waals surface area contributed by atoms with E-state index in [2.05, 4.69) is 35.2 Å². The van der Waals surface area contributed by atoms with Crippen LogP contribution in [0, 0.1) is 20.8 Å². The number of anilines is 1. The van der Waals surface area contributed by atoms with Crippen molar-refractivity contribution in [2.24, 2.45) is 0 Å². The number of rotatable bonds is 9. The number of benzene rings is 3. The Morgan fingerprint density at radius 1 is 0.970 bits per heavy atom. The van der Waals surface area contributed by atoms with Crippen LogP contribution in [0.2, 0.25) is 5.02 Å². The molecule has 3 aromatic carbocycles. The molecule has 0 spiro atoms. The van der Waals surface area contributed by atoms with E-state index in [1.165, 1.54) is 29.3 Å². The average Bonchev–Trinajstić information content (AvgIpc) is 2.76. The summed E-state index contributed by atoms with van der Waals surface area (Å²) in [7, 11) is -3.96. The molecule has 0 saturated heterocycles. The van der Waals surface area contributed by atoms with Crippen molar-refractivity contribution in [2.45, 2.75) is 31.4 Å². The van der Waals surface area contributed by atoms with Gasteiger partial charge in [-0.25, -0.2) is 8.42 Å². The Labute approximate surface area is 205 Å². The fourth-order valence-corrected chi connectivity index (χ4v) is 5.58. The number of halogens is 1. The van der Waals surface area contributed by atoms with Crippen molar-refractivity contribution < 1.29 is 13.2 Å². The predicted octanol–water partition coefficient (Wildman–Crippen LogP) is 5.73. The molecule has 0 saturated carbocycles. The lowest BCUT2D eigenvalue weighted by Gasteiger charge is -2.12. The highest BCUT2D eigenvalue weighted by molar-refractivity contribution is 7.98. The first-order valence-electron chi connectivity index (χ1n) is 10.5. The van der Waals surface area contributed by atoms with Crippen molar-refractivity contribution in [3.05, 3.63) is 93.5 Å². The van der Waals surface area contributed by atoms with E-state index in [9.17, 15) is 13.2 Å². The molecular weight excluding hydrogens is 476 g/mol. The minimum atomic E-state index is -3.96. The van der Waals surface area contributed by atoms with Crippen molar-refractivity contribution in [1.82, 2.24) is 5.32 Å². The molecule has 0 aromatic heterocycles. The van der Waals surface area contributed by atoms with Crippen LogP contribution in [0.5, 0.6) is 0 Å². The molecule has 0 unspecified atom stereocenters. The Morgan fingerprint density at radius 3 is 2.48 bits per heavy atom. The minimum absolute atomic E-state index is 0.0524. The Morgan fingerprint density at radius 2 is 1.76 bits per heavy atom. The zero-order valence-corrected chi connectivity index (χ0v) is 21.2. The number of nitrogens with one attached hydrogen (secondary N) is 2. The van der Waals surface area contributed by atoms with E-state index in [1.807, 2.05) is 26.0 Å². The van der Waals surface area contributed by atoms with Gasteiger partial charge in [0.25, 0.3) is 15.9 Å². The lowest BCUT2D eigenvalue weighted by Crippen LogP contribution is -2.26. The Bertz CT molecular complexity index is 1260. The highest BCUT2D eigenvalue weighted by atomic mass is 35.5. The third kappa shape index (κ3) is 7.00. The maximum Gasteiger partial charge on any atom is 0.263 e. The fraction of sp³-hybridized carbons (Fsp3) is 0.240. The SMILES string of the molecule is Cc1cccc(CSCCNC(=O)c2ccc(Cl)c(S(=O)(=O)Nc3ccc(C)c(C)c3)c2)c1. The third-order valence-corrected chi connectivity index (χ3v) is 8.02. The van der Waals surface area contributed by atoms with Crippen LogP contribution in [0.4, 0.5) is 5.69 Å². The van der Waals surface area contributed by atoms with Crippen molar-refractivity contribution >= 4 is 45.0 Å². The summed E-state index contributed by atoms with van der Waals surface area (Å²) in [6.07, 6.45) is 0. The van der Waals surface area contributed by atoms with Crippen LogP contribution in [0.25, 0.3) is 0 Å². The molecular formula is C25H27ClN2O3S2. The van der Waals surface area contributed by atoms with Crippen LogP contribution < -0.4 is 10.0 Å². The van der Waals surface area contributed by atoms with E-state index >= 15 is 0 Å². The van der Waals surface area contributed by atoms with Crippen LogP contribution >= 0.6 is 23.4 Å². The number of amides is 1. The number of thioether (sulfide) groups is 1. The van der Waals surface area contributed by atoms with Crippen LogP contribution in [-0.4, -0.2) is 26.6 Å². The monoisotopic (exact) mass is 502 g/mol. The van der Waals surface area contributed by atoms with Gasteiger partial charge in [-0.1, -0.05) is 47.5 Å². The molecule has 33 heavy (non-hydrogen) atoms. The first-order chi connectivity index (χ1) is 15.7. The molecule has 5 nitrogen and oxygen atoms in total. The molecule has 0 aliphatic rings. The second kappa shape index (κ2) is 11.1. The molecule has 2 N–H and O–H groups in total. The van der Waals surface area contributed by atoms with Crippen LogP contribution in [0.15, 0.2) is 65.6 Å². The molecule has 8 heteroatoms. The second-order valence-corrected chi connectivity index (χ2v) is 11.0. The Hall–Kier alpha value is -2.48. The van der Waals surface area contributed by atoms with E-state index in [-0.39, 0.29) is 21.4 Å². The summed E-state index contributed by atoms with van der Waals surface area (Å²) in [5, 5.41) is 2.89. The summed E-state index contributed by atoms with van der Waals surface area (Å²) in [6.45, 7) is 6.39. The van der Waals surface area contributed by atoms with Crippen LogP contribution in [0.3, 0.4) is 0 Å². The average molecular weight is 503 g/mol. The number of carbonyl (C=O) groups excluding carboxylic acids is 1. The number of sulfonamides is 1. The number of aryl methyl sites for hydroxylation is 3. The zero-order valence-electron chi connectivity index (χ0n) is 18.8. The predicted molar refractivity (Wildman–Crippen MR) is 138 cm³/mol. The lowest BCUT2D eigenvalue weighted by atomic mass is 10.1. The Kier molecular flexibility index (Phi) is 8.46. The molecule has 3 rings (SSSR count). The largest absolute Gasteiger partial charge is 0.351 e. The van der Waals surface area contributed by atoms with Gasteiger partial charge in [0, 0.05) is 29.3 Å². The first-order valence-corrected chi connectivity index (χ1v) is 13.5. The van der Waals surface area contributed by atoms with Gasteiger partial charge in [0.2, 0.25) is 0 Å². The third-order valence-electron chi connectivity index (χ3n) is 5.13. The van der Waals surface area contributed by atoms with Gasteiger partial charge in [-0.3, -0.25) is 9.52 Å². The fourth-order valence-electron chi connectivity index (χ4n) is 3.20. The maximum atomic E-state index is 12.9. The van der Waals surface area contributed by atoms with E-state index in [4.69, 9.17) is 11.6 Å². The molecule has 1 amide bonds. The second-order valence-electron chi connectivity index (χ2n) is 7.85. The molecule has 0 aliphatic carbocycles. The van der Waals surface area contributed by atoms with Gasteiger partial charge >= 0.3 is 0 Å². The van der Waals surface area contributed by atoms with Crippen molar-refractivity contribution in [3.63, 3.8) is 0 Å². The molecule has 3 aromatic rings. The quantitative estimate of drug-likeness (QED) is 0.366. The standard InChI is InChI=1S/C25H27ClN2O3S2/c1-17-5-4-6-20(13-17)16-32-12-11-27-25(29)21-8-10-23(26)24(15-21)33(30,31)28-22-9-7-18(2)19(3)14-22/h4-10,13-15,28H,11-12,16H2,1-3H3,(H,27,29). The zero-order chi connectivity index (χ0) is 24.0. The molecule has 174 valence electrons. The number of hydrogen-bond acceptors (Lipinski definition) is 4. The highest BCUT2D eigenvalue weighted by Gasteiger charge is 2.20. The molecule has 0 radical (unpaired) electrons. The topological polar surface area (TPSA) is 75.3 Å². The van der Waals surface area contributed by atoms with Crippen LogP contribution in [0.1, 0.15) is 32.6 Å². The number of hydrogen-bond donors (Lipinski definition) is 2. The molecule has 0 heterocycles. The minimum Gasteiger partial charge on any atom is -0.351 e. The first kappa shape index (κ1) is 25.1. The summed E-state index contributed by atoms with van der Waals surface area (Å²) < 4.78 is 28.4. The van der Waals surface area contributed by atoms with E-state index in [0.717, 1.165) is 22.6 Å². The summed E-state index contributed by atoms with van der Waals surface area (Å²) in [6, 6.07) is 17.9. The summed E-state index contributed by atoms with van der Waals surface area (Å²) in [4.78, 5) is 12.4. The molecule has 0 fully saturated rings. The van der Waals surface area contributed by atoms with Crippen molar-refractivity contribution in [1.29, 1.82) is 0 Å². The molecule has 0 bridgehead atoms.